The molecule has 2 aromatic heterocycles. The summed E-state index contributed by atoms with van der Waals surface area (Å²) in [4.78, 5) is 0. The van der Waals surface area contributed by atoms with Crippen LogP contribution in [0.3, 0.4) is 0 Å². The van der Waals surface area contributed by atoms with E-state index in [4.69, 9.17) is 9.62 Å². The first kappa shape index (κ1) is 17.1. The van der Waals surface area contributed by atoms with Crippen LogP contribution in [0.5, 0.6) is 0 Å². The Bertz CT molecular complexity index is 909. The number of fused-ring (bicyclic) bond motifs is 4. The maximum absolute atomic E-state index is 5.46. The van der Waals surface area contributed by atoms with Gasteiger partial charge in [0.1, 0.15) is 5.76 Å². The first-order chi connectivity index (χ1) is 12.7. The summed E-state index contributed by atoms with van der Waals surface area (Å²) in [5.74, 6) is 1.67. The molecule has 0 saturated heterocycles. The lowest BCUT2D eigenvalue weighted by molar-refractivity contribution is 0.206. The molecule has 0 radical (unpaired) electrons. The molecule has 2 aliphatic carbocycles. The van der Waals surface area contributed by atoms with E-state index in [0.29, 0.717) is 5.92 Å². The Morgan fingerprint density at radius 1 is 1.19 bits per heavy atom. The van der Waals surface area contributed by atoms with Gasteiger partial charge in [-0.25, -0.2) is 0 Å². The molecule has 26 heavy (non-hydrogen) atoms. The Morgan fingerprint density at radius 3 is 2.73 bits per heavy atom. The summed E-state index contributed by atoms with van der Waals surface area (Å²) in [6.07, 6.45) is 6.15. The lowest BCUT2D eigenvalue weighted by Gasteiger charge is -2.43. The minimum atomic E-state index is 0.0803. The molecule has 136 valence electrons. The van der Waals surface area contributed by atoms with E-state index < -0.39 is 0 Å². The SMILES string of the molecule is CC.Cn1nc2c(c1-c1ccccc1)CCC1Cc3oncc3CC21C. The fraction of sp³-hybridized carbons (Fsp3) is 0.455. The Morgan fingerprint density at radius 2 is 1.96 bits per heavy atom. The van der Waals surface area contributed by atoms with Crippen molar-refractivity contribution in [3.05, 3.63) is 59.1 Å². The van der Waals surface area contributed by atoms with Crippen molar-refractivity contribution >= 4 is 0 Å². The first-order valence-electron chi connectivity index (χ1n) is 9.71. The van der Waals surface area contributed by atoms with Gasteiger partial charge >= 0.3 is 0 Å². The average Bonchev–Trinajstić information content (AvgIpc) is 3.25. The predicted octanol–water partition coefficient (Wildman–Crippen LogP) is 4.72. The zero-order valence-corrected chi connectivity index (χ0v) is 16.1. The monoisotopic (exact) mass is 349 g/mol. The highest BCUT2D eigenvalue weighted by molar-refractivity contribution is 5.66. The molecule has 1 aromatic carbocycles. The van der Waals surface area contributed by atoms with Crippen LogP contribution in [0.1, 0.15) is 49.8 Å². The van der Waals surface area contributed by atoms with E-state index in [1.165, 1.54) is 34.5 Å². The minimum absolute atomic E-state index is 0.0803. The highest BCUT2D eigenvalue weighted by atomic mass is 16.5. The molecular formula is C22H27N3O. The summed E-state index contributed by atoms with van der Waals surface area (Å²) in [6, 6.07) is 10.6. The normalized spacial score (nSPS) is 23.3. The quantitative estimate of drug-likeness (QED) is 0.638. The summed E-state index contributed by atoms with van der Waals surface area (Å²) in [6.45, 7) is 6.38. The van der Waals surface area contributed by atoms with E-state index in [1.807, 2.05) is 20.0 Å². The summed E-state index contributed by atoms with van der Waals surface area (Å²) in [5, 5.41) is 9.03. The van der Waals surface area contributed by atoms with Gasteiger partial charge in [-0.15, -0.1) is 0 Å². The molecule has 4 nitrogen and oxygen atoms in total. The molecular weight excluding hydrogens is 322 g/mol. The van der Waals surface area contributed by atoms with Crippen molar-refractivity contribution in [2.24, 2.45) is 13.0 Å². The number of aromatic nitrogens is 3. The van der Waals surface area contributed by atoms with Crippen molar-refractivity contribution in [3.63, 3.8) is 0 Å². The molecule has 2 unspecified atom stereocenters. The molecule has 0 spiro atoms. The molecule has 2 aliphatic rings. The van der Waals surface area contributed by atoms with Gasteiger partial charge in [0.05, 0.1) is 17.6 Å². The molecule has 0 aliphatic heterocycles. The number of hydrogen-bond acceptors (Lipinski definition) is 3. The highest BCUT2D eigenvalue weighted by Crippen LogP contribution is 2.49. The number of hydrogen-bond donors (Lipinski definition) is 0. The second kappa shape index (κ2) is 6.42. The van der Waals surface area contributed by atoms with Crippen molar-refractivity contribution in [1.82, 2.24) is 14.9 Å². The van der Waals surface area contributed by atoms with Crippen molar-refractivity contribution in [2.45, 2.75) is 51.9 Å². The van der Waals surface area contributed by atoms with E-state index >= 15 is 0 Å². The average molecular weight is 349 g/mol. The zero-order valence-electron chi connectivity index (χ0n) is 16.1. The predicted molar refractivity (Wildman–Crippen MR) is 103 cm³/mol. The van der Waals surface area contributed by atoms with Gasteiger partial charge in [0.15, 0.2) is 0 Å². The Kier molecular flexibility index (Phi) is 4.22. The fourth-order valence-electron chi connectivity index (χ4n) is 4.82. The molecule has 0 N–H and O–H groups in total. The highest BCUT2D eigenvalue weighted by Gasteiger charge is 2.47. The lowest BCUT2D eigenvalue weighted by Crippen LogP contribution is -2.43. The van der Waals surface area contributed by atoms with Crippen LogP contribution in [0.15, 0.2) is 41.1 Å². The van der Waals surface area contributed by atoms with Gasteiger partial charge in [-0.1, -0.05) is 56.3 Å². The number of aryl methyl sites for hydroxylation is 1. The largest absolute Gasteiger partial charge is 0.361 e. The molecule has 3 aromatic rings. The van der Waals surface area contributed by atoms with Gasteiger partial charge < -0.3 is 4.52 Å². The van der Waals surface area contributed by atoms with Crippen molar-refractivity contribution in [1.29, 1.82) is 0 Å². The topological polar surface area (TPSA) is 43.9 Å². The van der Waals surface area contributed by atoms with Crippen LogP contribution in [-0.2, 0) is 31.7 Å². The number of benzene rings is 1. The molecule has 2 heterocycles. The standard InChI is InChI=1S/C20H21N3O.C2H6/c1-20-11-14-12-21-24-17(14)10-15(20)8-9-16-18(23(2)22-19(16)20)13-6-4-3-5-7-13;1-2/h3-7,12,15H,8-11H2,1-2H3;1-2H3. The van der Waals surface area contributed by atoms with Crippen LogP contribution in [0, 0.1) is 5.92 Å². The van der Waals surface area contributed by atoms with Gasteiger partial charge in [-0.3, -0.25) is 4.68 Å². The van der Waals surface area contributed by atoms with Crippen molar-refractivity contribution in [3.8, 4) is 11.3 Å². The molecule has 2 atom stereocenters. The van der Waals surface area contributed by atoms with E-state index in [9.17, 15) is 0 Å². The maximum Gasteiger partial charge on any atom is 0.140 e. The van der Waals surface area contributed by atoms with E-state index in [0.717, 1.165) is 25.0 Å². The molecule has 0 saturated carbocycles. The molecule has 0 bridgehead atoms. The second-order valence-electron chi connectivity index (χ2n) is 7.47. The van der Waals surface area contributed by atoms with Crippen LogP contribution in [-0.4, -0.2) is 14.9 Å². The third kappa shape index (κ3) is 2.43. The number of nitrogens with zero attached hydrogens (tertiary/aromatic N) is 3. The second-order valence-corrected chi connectivity index (χ2v) is 7.47. The van der Waals surface area contributed by atoms with Gasteiger partial charge in [0.2, 0.25) is 0 Å². The molecule has 4 heteroatoms. The van der Waals surface area contributed by atoms with E-state index in [1.54, 1.807) is 0 Å². The molecule has 0 fully saturated rings. The third-order valence-corrected chi connectivity index (χ3v) is 6.10. The summed E-state index contributed by atoms with van der Waals surface area (Å²) < 4.78 is 7.54. The molecule has 5 rings (SSSR count). The van der Waals surface area contributed by atoms with Gasteiger partial charge in [-0.2, -0.15) is 5.10 Å². The minimum Gasteiger partial charge on any atom is -0.361 e. The zero-order chi connectivity index (χ0) is 18.3. The Hall–Kier alpha value is -2.36. The van der Waals surface area contributed by atoms with E-state index in [-0.39, 0.29) is 5.41 Å². The van der Waals surface area contributed by atoms with Gasteiger partial charge in [0.25, 0.3) is 0 Å². The Labute approximate surface area is 155 Å². The van der Waals surface area contributed by atoms with Crippen LogP contribution in [0.25, 0.3) is 11.3 Å². The van der Waals surface area contributed by atoms with Gasteiger partial charge in [0, 0.05) is 35.6 Å². The smallest absolute Gasteiger partial charge is 0.140 e. The van der Waals surface area contributed by atoms with Crippen LogP contribution >= 0.6 is 0 Å². The summed E-state index contributed by atoms with van der Waals surface area (Å²) in [5.41, 5.74) is 6.60. The maximum atomic E-state index is 5.46. The van der Waals surface area contributed by atoms with E-state index in [2.05, 4.69) is 54.1 Å². The van der Waals surface area contributed by atoms with Crippen LogP contribution in [0.4, 0.5) is 0 Å². The lowest BCUT2D eigenvalue weighted by atomic mass is 9.60. The molecule has 0 amide bonds. The van der Waals surface area contributed by atoms with Gasteiger partial charge in [-0.05, 0) is 25.2 Å². The fourth-order valence-corrected chi connectivity index (χ4v) is 4.82. The van der Waals surface area contributed by atoms with Crippen molar-refractivity contribution in [2.75, 3.05) is 0 Å². The van der Waals surface area contributed by atoms with Crippen LogP contribution in [0.2, 0.25) is 0 Å². The Balaban J connectivity index is 0.000000814. The summed E-state index contributed by atoms with van der Waals surface area (Å²) in [7, 11) is 2.08. The third-order valence-electron chi connectivity index (χ3n) is 6.10. The summed E-state index contributed by atoms with van der Waals surface area (Å²) >= 11 is 0. The number of rotatable bonds is 1. The van der Waals surface area contributed by atoms with Crippen molar-refractivity contribution < 1.29 is 4.52 Å². The first-order valence-corrected chi connectivity index (χ1v) is 9.71. The van der Waals surface area contributed by atoms with Crippen LogP contribution < -0.4 is 0 Å².